The van der Waals surface area contributed by atoms with Gasteiger partial charge in [0.25, 0.3) is 5.91 Å². The Hall–Kier alpha value is -2.43. The highest BCUT2D eigenvalue weighted by atomic mass is 16.2. The van der Waals surface area contributed by atoms with E-state index in [9.17, 15) is 4.79 Å². The third kappa shape index (κ3) is 2.29. The molecule has 2 aromatic heterocycles. The zero-order chi connectivity index (χ0) is 13.0. The molecule has 0 saturated carbocycles. The number of nitrogens with one attached hydrogen (secondary N) is 1. The van der Waals surface area contributed by atoms with Crippen LogP contribution in [0.1, 0.15) is 10.4 Å². The van der Waals surface area contributed by atoms with E-state index in [1.165, 1.54) is 0 Å². The molecule has 0 saturated heterocycles. The molecule has 0 aliphatic carbocycles. The molecule has 5 nitrogen and oxygen atoms in total. The van der Waals surface area contributed by atoms with Gasteiger partial charge in [0.1, 0.15) is 0 Å². The van der Waals surface area contributed by atoms with Gasteiger partial charge in [-0.05, 0) is 18.2 Å². The van der Waals surface area contributed by atoms with E-state index >= 15 is 0 Å². The molecule has 92 valence electrons. The van der Waals surface area contributed by atoms with Crippen molar-refractivity contribution in [3.8, 4) is 0 Å². The molecule has 0 aromatic carbocycles. The summed E-state index contributed by atoms with van der Waals surface area (Å²) in [7, 11) is 3.48. The Morgan fingerprint density at radius 2 is 2.00 bits per heavy atom. The van der Waals surface area contributed by atoms with Gasteiger partial charge in [0.2, 0.25) is 0 Å². The number of hydrogen-bond acceptors (Lipinski definition) is 4. The van der Waals surface area contributed by atoms with Gasteiger partial charge in [-0.3, -0.25) is 14.8 Å². The summed E-state index contributed by atoms with van der Waals surface area (Å²) in [6, 6.07) is 5.33. The largest absolute Gasteiger partial charge is 0.386 e. The molecular formula is C13H14N4O. The van der Waals surface area contributed by atoms with Crippen LogP contribution in [-0.4, -0.2) is 30.0 Å². The van der Waals surface area contributed by atoms with Crippen molar-refractivity contribution in [2.75, 3.05) is 24.3 Å². The minimum atomic E-state index is -0.102. The maximum Gasteiger partial charge on any atom is 0.260 e. The van der Waals surface area contributed by atoms with Gasteiger partial charge in [0.15, 0.2) is 0 Å². The van der Waals surface area contributed by atoms with Gasteiger partial charge in [-0.25, -0.2) is 0 Å². The van der Waals surface area contributed by atoms with E-state index in [0.717, 1.165) is 5.69 Å². The lowest BCUT2D eigenvalue weighted by molar-refractivity contribution is 0.0993. The van der Waals surface area contributed by atoms with Crippen LogP contribution in [0, 0.1) is 0 Å². The number of amides is 1. The van der Waals surface area contributed by atoms with Gasteiger partial charge in [0, 0.05) is 26.5 Å². The molecule has 18 heavy (non-hydrogen) atoms. The Morgan fingerprint density at radius 1 is 1.22 bits per heavy atom. The molecule has 0 radical (unpaired) electrons. The van der Waals surface area contributed by atoms with Crippen molar-refractivity contribution < 1.29 is 4.79 Å². The Labute approximate surface area is 105 Å². The number of rotatable bonds is 3. The maximum absolute atomic E-state index is 12.4. The molecule has 0 atom stereocenters. The molecular weight excluding hydrogens is 228 g/mol. The Balaban J connectivity index is 2.32. The first kappa shape index (κ1) is 12.0. The van der Waals surface area contributed by atoms with Crippen molar-refractivity contribution in [3.05, 3.63) is 48.5 Å². The predicted molar refractivity (Wildman–Crippen MR) is 70.8 cm³/mol. The molecule has 2 heterocycles. The monoisotopic (exact) mass is 242 g/mol. The minimum absolute atomic E-state index is 0.102. The SMILES string of the molecule is CNc1cnccc1C(=O)N(C)c1cccnc1. The highest BCUT2D eigenvalue weighted by Crippen LogP contribution is 2.18. The predicted octanol–water partition coefficient (Wildman–Crippen LogP) is 1.79. The first-order chi connectivity index (χ1) is 8.74. The third-order valence-electron chi connectivity index (χ3n) is 2.66. The quantitative estimate of drug-likeness (QED) is 0.891. The van der Waals surface area contributed by atoms with Gasteiger partial charge in [-0.2, -0.15) is 0 Å². The molecule has 2 rings (SSSR count). The number of carbonyl (C=O) groups is 1. The number of hydrogen-bond donors (Lipinski definition) is 1. The summed E-state index contributed by atoms with van der Waals surface area (Å²) in [6.07, 6.45) is 6.56. The first-order valence-corrected chi connectivity index (χ1v) is 5.54. The van der Waals surface area contributed by atoms with Crippen molar-refractivity contribution in [3.63, 3.8) is 0 Å². The topological polar surface area (TPSA) is 58.1 Å². The molecule has 0 aliphatic heterocycles. The van der Waals surface area contributed by atoms with Gasteiger partial charge in [-0.15, -0.1) is 0 Å². The number of nitrogens with zero attached hydrogens (tertiary/aromatic N) is 3. The lowest BCUT2D eigenvalue weighted by Gasteiger charge is -2.18. The Kier molecular flexibility index (Phi) is 3.52. The van der Waals surface area contributed by atoms with E-state index < -0.39 is 0 Å². The van der Waals surface area contributed by atoms with E-state index in [4.69, 9.17) is 0 Å². The standard InChI is InChI=1S/C13H14N4O/c1-14-12-9-16-7-5-11(12)13(18)17(2)10-4-3-6-15-8-10/h3-9,14H,1-2H3. The number of pyridine rings is 2. The summed E-state index contributed by atoms with van der Waals surface area (Å²) >= 11 is 0. The second-order valence-corrected chi connectivity index (χ2v) is 3.75. The van der Waals surface area contributed by atoms with Crippen LogP contribution in [0.2, 0.25) is 0 Å². The van der Waals surface area contributed by atoms with Crippen molar-refractivity contribution in [2.45, 2.75) is 0 Å². The van der Waals surface area contributed by atoms with Gasteiger partial charge >= 0.3 is 0 Å². The molecule has 0 unspecified atom stereocenters. The van der Waals surface area contributed by atoms with Crippen molar-refractivity contribution in [1.29, 1.82) is 0 Å². The Bertz CT molecular complexity index is 542. The van der Waals surface area contributed by atoms with Crippen molar-refractivity contribution in [1.82, 2.24) is 9.97 Å². The van der Waals surface area contributed by atoms with Crippen molar-refractivity contribution in [2.24, 2.45) is 0 Å². The number of aromatic nitrogens is 2. The summed E-state index contributed by atoms with van der Waals surface area (Å²) in [5.74, 6) is -0.102. The molecule has 2 aromatic rings. The molecule has 1 amide bonds. The maximum atomic E-state index is 12.4. The molecule has 5 heteroatoms. The van der Waals surface area contributed by atoms with Gasteiger partial charge < -0.3 is 10.2 Å². The number of anilines is 2. The van der Waals surface area contributed by atoms with E-state index in [-0.39, 0.29) is 5.91 Å². The fraction of sp³-hybridized carbons (Fsp3) is 0.154. The van der Waals surface area contributed by atoms with Crippen LogP contribution >= 0.6 is 0 Å². The Morgan fingerprint density at radius 3 is 2.67 bits per heavy atom. The summed E-state index contributed by atoms with van der Waals surface area (Å²) in [4.78, 5) is 21.9. The summed E-state index contributed by atoms with van der Waals surface area (Å²) in [5.41, 5.74) is 2.04. The van der Waals surface area contributed by atoms with Crippen LogP contribution in [-0.2, 0) is 0 Å². The molecule has 1 N–H and O–H groups in total. The lowest BCUT2D eigenvalue weighted by atomic mass is 10.2. The molecule has 0 bridgehead atoms. The summed E-state index contributed by atoms with van der Waals surface area (Å²) < 4.78 is 0. The zero-order valence-electron chi connectivity index (χ0n) is 10.3. The second kappa shape index (κ2) is 5.27. The lowest BCUT2D eigenvalue weighted by Crippen LogP contribution is -2.27. The van der Waals surface area contributed by atoms with Gasteiger partial charge in [-0.1, -0.05) is 0 Å². The highest BCUT2D eigenvalue weighted by molar-refractivity contribution is 6.09. The zero-order valence-corrected chi connectivity index (χ0v) is 10.3. The normalized spacial score (nSPS) is 9.89. The summed E-state index contributed by atoms with van der Waals surface area (Å²) in [6.45, 7) is 0. The van der Waals surface area contributed by atoms with Gasteiger partial charge in [0.05, 0.1) is 29.3 Å². The van der Waals surface area contributed by atoms with E-state index in [0.29, 0.717) is 11.3 Å². The van der Waals surface area contributed by atoms with Crippen LogP contribution in [0.4, 0.5) is 11.4 Å². The van der Waals surface area contributed by atoms with Crippen LogP contribution < -0.4 is 10.2 Å². The molecule has 0 aliphatic rings. The van der Waals surface area contributed by atoms with Crippen LogP contribution in [0.15, 0.2) is 43.0 Å². The van der Waals surface area contributed by atoms with Crippen LogP contribution in [0.3, 0.4) is 0 Å². The third-order valence-corrected chi connectivity index (χ3v) is 2.66. The van der Waals surface area contributed by atoms with Crippen molar-refractivity contribution >= 4 is 17.3 Å². The second-order valence-electron chi connectivity index (χ2n) is 3.75. The fourth-order valence-corrected chi connectivity index (χ4v) is 1.63. The summed E-state index contributed by atoms with van der Waals surface area (Å²) in [5, 5.41) is 2.96. The van der Waals surface area contributed by atoms with E-state index in [2.05, 4.69) is 15.3 Å². The first-order valence-electron chi connectivity index (χ1n) is 5.54. The smallest absolute Gasteiger partial charge is 0.260 e. The average molecular weight is 242 g/mol. The molecule has 0 fully saturated rings. The molecule has 0 spiro atoms. The van der Waals surface area contributed by atoms with E-state index in [1.807, 2.05) is 6.07 Å². The number of carbonyl (C=O) groups excluding carboxylic acids is 1. The fourth-order valence-electron chi connectivity index (χ4n) is 1.63. The average Bonchev–Trinajstić information content (AvgIpc) is 2.46. The highest BCUT2D eigenvalue weighted by Gasteiger charge is 2.16. The van der Waals surface area contributed by atoms with Crippen LogP contribution in [0.5, 0.6) is 0 Å². The van der Waals surface area contributed by atoms with E-state index in [1.54, 1.807) is 55.9 Å². The minimum Gasteiger partial charge on any atom is -0.386 e. The van der Waals surface area contributed by atoms with Crippen LogP contribution in [0.25, 0.3) is 0 Å².